The van der Waals surface area contributed by atoms with E-state index in [1.54, 1.807) is 25.1 Å². The highest BCUT2D eigenvalue weighted by molar-refractivity contribution is 6.17. The SMILES string of the molecule is CCOC(=O)C1=C[C@@]2(C(=O)N(CC(=O)OC)c3ccccc32)c2c(ccc3ccccc23)O1. The Morgan fingerprint density at radius 1 is 1.03 bits per heavy atom. The Kier molecular flexibility index (Phi) is 4.89. The van der Waals surface area contributed by atoms with Crippen LogP contribution in [-0.4, -0.2) is 38.1 Å². The van der Waals surface area contributed by atoms with Crippen LogP contribution in [0.5, 0.6) is 5.75 Å². The summed E-state index contributed by atoms with van der Waals surface area (Å²) in [5.74, 6) is -1.25. The van der Waals surface area contributed by atoms with Gasteiger partial charge in [0.05, 0.1) is 13.7 Å². The van der Waals surface area contributed by atoms with E-state index in [0.29, 0.717) is 22.6 Å². The predicted octanol–water partition coefficient (Wildman–Crippen LogP) is 3.48. The summed E-state index contributed by atoms with van der Waals surface area (Å²) in [6.07, 6.45) is 1.53. The molecule has 0 unspecified atom stereocenters. The summed E-state index contributed by atoms with van der Waals surface area (Å²) >= 11 is 0. The smallest absolute Gasteiger partial charge is 0.373 e. The average molecular weight is 443 g/mol. The minimum Gasteiger partial charge on any atom is -0.468 e. The highest BCUT2D eigenvalue weighted by atomic mass is 16.6. The van der Waals surface area contributed by atoms with Gasteiger partial charge in [0, 0.05) is 11.3 Å². The van der Waals surface area contributed by atoms with E-state index in [1.807, 2.05) is 42.5 Å². The third-order valence-corrected chi connectivity index (χ3v) is 6.05. The first-order chi connectivity index (χ1) is 16.0. The van der Waals surface area contributed by atoms with Gasteiger partial charge in [-0.1, -0.05) is 48.5 Å². The number of para-hydroxylation sites is 1. The molecule has 0 radical (unpaired) electrons. The molecule has 33 heavy (non-hydrogen) atoms. The van der Waals surface area contributed by atoms with Crippen LogP contribution in [0.1, 0.15) is 18.1 Å². The number of amides is 1. The van der Waals surface area contributed by atoms with Gasteiger partial charge in [-0.2, -0.15) is 0 Å². The van der Waals surface area contributed by atoms with Gasteiger partial charge in [-0.25, -0.2) is 4.79 Å². The molecule has 0 fully saturated rings. The molecule has 5 rings (SSSR count). The number of hydrogen-bond donors (Lipinski definition) is 0. The minimum atomic E-state index is -1.37. The van der Waals surface area contributed by atoms with Crippen molar-refractivity contribution in [2.75, 3.05) is 25.2 Å². The lowest BCUT2D eigenvalue weighted by molar-refractivity contribution is -0.141. The molecule has 0 N–H and O–H groups in total. The van der Waals surface area contributed by atoms with E-state index in [-0.39, 0.29) is 24.8 Å². The Bertz CT molecular complexity index is 1340. The molecule has 7 nitrogen and oxygen atoms in total. The molecule has 0 aliphatic carbocycles. The van der Waals surface area contributed by atoms with E-state index < -0.39 is 17.4 Å². The summed E-state index contributed by atoms with van der Waals surface area (Å²) in [6, 6.07) is 18.5. The van der Waals surface area contributed by atoms with Crippen molar-refractivity contribution in [2.24, 2.45) is 0 Å². The molecule has 2 aliphatic heterocycles. The lowest BCUT2D eigenvalue weighted by Crippen LogP contribution is -2.44. The number of methoxy groups -OCH3 is 1. The minimum absolute atomic E-state index is 0.0669. The van der Waals surface area contributed by atoms with Gasteiger partial charge in [-0.3, -0.25) is 14.5 Å². The number of carbonyl (C=O) groups excluding carboxylic acids is 3. The summed E-state index contributed by atoms with van der Waals surface area (Å²) < 4.78 is 16.0. The molecule has 1 spiro atoms. The zero-order chi connectivity index (χ0) is 23.2. The normalized spacial score (nSPS) is 18.4. The zero-order valence-corrected chi connectivity index (χ0v) is 18.2. The fourth-order valence-corrected chi connectivity index (χ4v) is 4.67. The van der Waals surface area contributed by atoms with E-state index in [4.69, 9.17) is 14.2 Å². The first kappa shape index (κ1) is 20.8. The van der Waals surface area contributed by atoms with Crippen molar-refractivity contribution < 1.29 is 28.6 Å². The van der Waals surface area contributed by atoms with Gasteiger partial charge in [0.1, 0.15) is 17.7 Å². The second-order valence-corrected chi connectivity index (χ2v) is 7.78. The van der Waals surface area contributed by atoms with Crippen molar-refractivity contribution in [3.05, 3.63) is 83.6 Å². The topological polar surface area (TPSA) is 82.1 Å². The maximum absolute atomic E-state index is 14.2. The molecular formula is C26H21NO6. The Morgan fingerprint density at radius 3 is 2.58 bits per heavy atom. The fraction of sp³-hybridized carbons (Fsp3) is 0.192. The molecule has 0 aromatic heterocycles. The summed E-state index contributed by atoms with van der Waals surface area (Å²) in [5.41, 5.74) is 0.481. The van der Waals surface area contributed by atoms with Crippen LogP contribution >= 0.6 is 0 Å². The quantitative estimate of drug-likeness (QED) is 0.574. The number of benzene rings is 3. The molecule has 3 aromatic carbocycles. The summed E-state index contributed by atoms with van der Waals surface area (Å²) in [6.45, 7) is 1.61. The van der Waals surface area contributed by atoms with Crippen LogP contribution in [0.15, 0.2) is 72.5 Å². The standard InChI is InChI=1S/C26H21NO6/c1-3-32-24(29)21-14-26(23-17-9-5-4-8-16(17)12-13-20(23)33-21)18-10-6-7-11-19(18)27(25(26)30)15-22(28)31-2/h4-14H,3,15H2,1-2H3/t26-/m0/s1. The Morgan fingerprint density at radius 2 is 1.79 bits per heavy atom. The van der Waals surface area contributed by atoms with Crippen molar-refractivity contribution in [3.63, 3.8) is 0 Å². The lowest BCUT2D eigenvalue weighted by atomic mass is 9.71. The number of anilines is 1. The Balaban J connectivity index is 1.84. The number of rotatable bonds is 4. The maximum Gasteiger partial charge on any atom is 0.373 e. The van der Waals surface area contributed by atoms with E-state index in [2.05, 4.69) is 0 Å². The van der Waals surface area contributed by atoms with Crippen LogP contribution < -0.4 is 9.64 Å². The number of fused-ring (bicyclic) bond motifs is 6. The number of hydrogen-bond acceptors (Lipinski definition) is 6. The van der Waals surface area contributed by atoms with E-state index >= 15 is 0 Å². The van der Waals surface area contributed by atoms with Gasteiger partial charge in [-0.05, 0) is 41.5 Å². The van der Waals surface area contributed by atoms with Gasteiger partial charge >= 0.3 is 11.9 Å². The molecule has 166 valence electrons. The van der Waals surface area contributed by atoms with Crippen molar-refractivity contribution in [1.82, 2.24) is 0 Å². The number of carbonyl (C=O) groups is 3. The molecule has 7 heteroatoms. The Hall–Kier alpha value is -4.13. The molecule has 0 saturated heterocycles. The number of ether oxygens (including phenoxy) is 3. The third kappa shape index (κ3) is 3.00. The van der Waals surface area contributed by atoms with Crippen LogP contribution in [-0.2, 0) is 29.3 Å². The first-order valence-corrected chi connectivity index (χ1v) is 10.6. The second-order valence-electron chi connectivity index (χ2n) is 7.78. The van der Waals surface area contributed by atoms with E-state index in [9.17, 15) is 14.4 Å². The lowest BCUT2D eigenvalue weighted by Gasteiger charge is -2.33. The van der Waals surface area contributed by atoms with Crippen LogP contribution in [0.25, 0.3) is 10.8 Å². The molecule has 0 bridgehead atoms. The van der Waals surface area contributed by atoms with Crippen molar-refractivity contribution >= 4 is 34.3 Å². The number of nitrogens with zero attached hydrogens (tertiary/aromatic N) is 1. The van der Waals surface area contributed by atoms with Gasteiger partial charge in [-0.15, -0.1) is 0 Å². The van der Waals surface area contributed by atoms with Crippen LogP contribution in [0.2, 0.25) is 0 Å². The highest BCUT2D eigenvalue weighted by Gasteiger charge is 2.55. The summed E-state index contributed by atoms with van der Waals surface area (Å²) in [4.78, 5) is 40.5. The highest BCUT2D eigenvalue weighted by Crippen LogP contribution is 2.54. The molecule has 0 saturated carbocycles. The average Bonchev–Trinajstić information content (AvgIpc) is 3.06. The van der Waals surface area contributed by atoms with Gasteiger partial charge < -0.3 is 14.2 Å². The van der Waals surface area contributed by atoms with Crippen molar-refractivity contribution in [1.29, 1.82) is 0 Å². The van der Waals surface area contributed by atoms with Crippen molar-refractivity contribution in [2.45, 2.75) is 12.3 Å². The summed E-state index contributed by atoms with van der Waals surface area (Å²) in [5, 5.41) is 1.74. The van der Waals surface area contributed by atoms with Crippen LogP contribution in [0, 0.1) is 0 Å². The maximum atomic E-state index is 14.2. The number of esters is 2. The first-order valence-electron chi connectivity index (χ1n) is 10.6. The zero-order valence-electron chi connectivity index (χ0n) is 18.2. The van der Waals surface area contributed by atoms with Crippen molar-refractivity contribution in [3.8, 4) is 5.75 Å². The molecule has 3 aromatic rings. The largest absolute Gasteiger partial charge is 0.468 e. The Labute approximate surface area is 190 Å². The molecule has 2 aliphatic rings. The van der Waals surface area contributed by atoms with Crippen LogP contribution in [0.4, 0.5) is 5.69 Å². The van der Waals surface area contributed by atoms with Gasteiger partial charge in [0.25, 0.3) is 0 Å². The fourth-order valence-electron chi connectivity index (χ4n) is 4.67. The molecule has 2 heterocycles. The van der Waals surface area contributed by atoms with Gasteiger partial charge in [0.15, 0.2) is 0 Å². The van der Waals surface area contributed by atoms with Gasteiger partial charge in [0.2, 0.25) is 11.7 Å². The van der Waals surface area contributed by atoms with Crippen LogP contribution in [0.3, 0.4) is 0 Å². The van der Waals surface area contributed by atoms with E-state index in [1.165, 1.54) is 18.1 Å². The summed E-state index contributed by atoms with van der Waals surface area (Å²) in [7, 11) is 1.28. The monoisotopic (exact) mass is 443 g/mol. The van der Waals surface area contributed by atoms with E-state index in [0.717, 1.165) is 10.8 Å². The molecule has 1 amide bonds. The third-order valence-electron chi connectivity index (χ3n) is 6.05. The molecule has 1 atom stereocenters. The molecular weight excluding hydrogens is 422 g/mol. The second kappa shape index (κ2) is 7.78. The predicted molar refractivity (Wildman–Crippen MR) is 121 cm³/mol.